The van der Waals surface area contributed by atoms with Crippen molar-refractivity contribution in [3.05, 3.63) is 28.5 Å². The second kappa shape index (κ2) is 5.71. The topological polar surface area (TPSA) is 49.3 Å². The number of rotatable bonds is 4. The normalized spacial score (nSPS) is 24.3. The lowest BCUT2D eigenvalue weighted by Crippen LogP contribution is -2.42. The molecule has 2 rings (SSSR count). The van der Waals surface area contributed by atoms with Crippen molar-refractivity contribution < 1.29 is 9.90 Å². The van der Waals surface area contributed by atoms with Crippen LogP contribution in [0.3, 0.4) is 0 Å². The summed E-state index contributed by atoms with van der Waals surface area (Å²) in [6.07, 6.45) is 4.05. The van der Waals surface area contributed by atoms with Gasteiger partial charge in [-0.25, -0.2) is 0 Å². The predicted octanol–water partition coefficient (Wildman–Crippen LogP) is 1.75. The minimum absolute atomic E-state index is 0.149. The van der Waals surface area contributed by atoms with Gasteiger partial charge < -0.3 is 10.4 Å². The summed E-state index contributed by atoms with van der Waals surface area (Å²) < 4.78 is 0. The molecule has 1 amide bonds. The van der Waals surface area contributed by atoms with Crippen molar-refractivity contribution in [2.24, 2.45) is 0 Å². The van der Waals surface area contributed by atoms with Gasteiger partial charge >= 0.3 is 0 Å². The second-order valence-electron chi connectivity index (χ2n) is 4.09. The van der Waals surface area contributed by atoms with E-state index in [9.17, 15) is 9.90 Å². The summed E-state index contributed by atoms with van der Waals surface area (Å²) in [4.78, 5) is 12.6. The molecule has 0 spiro atoms. The fraction of sp³-hybridized carbons (Fsp3) is 0.417. The molecule has 1 aliphatic heterocycles. The number of hydrogen-bond donors (Lipinski definition) is 2. The third kappa shape index (κ3) is 3.87. The Balaban J connectivity index is 1.78. The molecule has 1 atom stereocenters. The third-order valence-corrected chi connectivity index (χ3v) is 4.69. The average molecular weight is 269 g/mol. The molecule has 0 radical (unpaired) electrons. The van der Waals surface area contributed by atoms with Crippen molar-refractivity contribution in [2.75, 3.05) is 18.1 Å². The second-order valence-corrected chi connectivity index (χ2v) is 6.18. The molecule has 2 heterocycles. The van der Waals surface area contributed by atoms with Gasteiger partial charge in [-0.1, -0.05) is 6.07 Å². The standard InChI is InChI=1S/C12H15NO2S2/c14-11(4-3-10-2-1-6-17-10)13-8-12(15)5-7-16-9-12/h1-4,6,15H,5,7-9H2,(H,13,14). The molecule has 0 aromatic carbocycles. The zero-order valence-corrected chi connectivity index (χ0v) is 11.0. The highest BCUT2D eigenvalue weighted by atomic mass is 32.2. The van der Waals surface area contributed by atoms with E-state index >= 15 is 0 Å². The van der Waals surface area contributed by atoms with E-state index in [0.717, 1.165) is 17.1 Å². The highest BCUT2D eigenvalue weighted by Crippen LogP contribution is 2.26. The quantitative estimate of drug-likeness (QED) is 0.819. The summed E-state index contributed by atoms with van der Waals surface area (Å²) in [5, 5.41) is 14.7. The van der Waals surface area contributed by atoms with E-state index in [4.69, 9.17) is 0 Å². The van der Waals surface area contributed by atoms with Crippen LogP contribution in [0, 0.1) is 0 Å². The van der Waals surface area contributed by atoms with Gasteiger partial charge in [-0.2, -0.15) is 11.8 Å². The molecule has 5 heteroatoms. The van der Waals surface area contributed by atoms with Crippen LogP contribution >= 0.6 is 23.1 Å². The SMILES string of the molecule is O=C(C=Cc1cccs1)NCC1(O)CCSC1. The van der Waals surface area contributed by atoms with Crippen molar-refractivity contribution in [1.29, 1.82) is 0 Å². The Morgan fingerprint density at radius 1 is 1.65 bits per heavy atom. The molecule has 0 saturated carbocycles. The smallest absolute Gasteiger partial charge is 0.244 e. The third-order valence-electron chi connectivity index (χ3n) is 2.62. The molecule has 17 heavy (non-hydrogen) atoms. The van der Waals surface area contributed by atoms with Crippen molar-refractivity contribution in [3.8, 4) is 0 Å². The van der Waals surface area contributed by atoms with Crippen LogP contribution < -0.4 is 5.32 Å². The number of carbonyl (C=O) groups excluding carboxylic acids is 1. The van der Waals surface area contributed by atoms with Gasteiger partial charge in [0, 0.05) is 23.3 Å². The van der Waals surface area contributed by atoms with E-state index in [1.54, 1.807) is 29.2 Å². The molecule has 3 nitrogen and oxygen atoms in total. The number of carbonyl (C=O) groups is 1. The zero-order chi connectivity index (χ0) is 12.1. The largest absolute Gasteiger partial charge is 0.387 e. The molecule has 2 N–H and O–H groups in total. The number of thiophene rings is 1. The Morgan fingerprint density at radius 3 is 3.18 bits per heavy atom. The average Bonchev–Trinajstić information content (AvgIpc) is 2.95. The minimum atomic E-state index is -0.711. The van der Waals surface area contributed by atoms with E-state index in [2.05, 4.69) is 5.32 Å². The van der Waals surface area contributed by atoms with E-state index < -0.39 is 5.60 Å². The van der Waals surface area contributed by atoms with Crippen molar-refractivity contribution in [1.82, 2.24) is 5.32 Å². The molecule has 0 bridgehead atoms. The molecule has 1 aromatic rings. The molecule has 0 aliphatic carbocycles. The zero-order valence-electron chi connectivity index (χ0n) is 9.39. The van der Waals surface area contributed by atoms with Gasteiger partial charge in [-0.3, -0.25) is 4.79 Å². The van der Waals surface area contributed by atoms with Gasteiger partial charge in [0.2, 0.25) is 5.91 Å². The first-order valence-electron chi connectivity index (χ1n) is 5.48. The maximum absolute atomic E-state index is 11.5. The van der Waals surface area contributed by atoms with Gasteiger partial charge in [0.1, 0.15) is 0 Å². The number of nitrogens with one attached hydrogen (secondary N) is 1. The first-order chi connectivity index (χ1) is 8.18. The molecular weight excluding hydrogens is 254 g/mol. The summed E-state index contributed by atoms with van der Waals surface area (Å²) >= 11 is 3.31. The van der Waals surface area contributed by atoms with Gasteiger partial charge in [0.05, 0.1) is 5.60 Å². The lowest BCUT2D eigenvalue weighted by atomic mass is 10.0. The number of amides is 1. The number of thioether (sulfide) groups is 1. The fourth-order valence-electron chi connectivity index (χ4n) is 1.59. The number of hydrogen-bond acceptors (Lipinski definition) is 4. The predicted molar refractivity (Wildman–Crippen MR) is 73.3 cm³/mol. The monoisotopic (exact) mass is 269 g/mol. The van der Waals surface area contributed by atoms with Crippen LogP contribution in [0.2, 0.25) is 0 Å². The number of aliphatic hydroxyl groups is 1. The van der Waals surface area contributed by atoms with Crippen LogP contribution in [0.4, 0.5) is 0 Å². The van der Waals surface area contributed by atoms with E-state index in [-0.39, 0.29) is 5.91 Å². The van der Waals surface area contributed by atoms with Crippen LogP contribution in [0.1, 0.15) is 11.3 Å². The minimum Gasteiger partial charge on any atom is -0.387 e. The van der Waals surface area contributed by atoms with Crippen LogP contribution in [0.15, 0.2) is 23.6 Å². The highest BCUT2D eigenvalue weighted by molar-refractivity contribution is 7.99. The molecule has 1 aliphatic rings. The summed E-state index contributed by atoms with van der Waals surface area (Å²) in [6.45, 7) is 0.341. The molecular formula is C12H15NO2S2. The van der Waals surface area contributed by atoms with Crippen LogP contribution in [0.25, 0.3) is 6.08 Å². The Kier molecular flexibility index (Phi) is 4.25. The van der Waals surface area contributed by atoms with Gasteiger partial charge in [0.15, 0.2) is 0 Å². The van der Waals surface area contributed by atoms with Crippen molar-refractivity contribution >= 4 is 35.1 Å². The Morgan fingerprint density at radius 2 is 2.53 bits per heavy atom. The van der Waals surface area contributed by atoms with Crippen LogP contribution in [-0.2, 0) is 4.79 Å². The van der Waals surface area contributed by atoms with Crippen LogP contribution in [-0.4, -0.2) is 34.7 Å². The lowest BCUT2D eigenvalue weighted by Gasteiger charge is -2.20. The van der Waals surface area contributed by atoms with Gasteiger partial charge in [-0.05, 0) is 29.7 Å². The van der Waals surface area contributed by atoms with E-state index in [0.29, 0.717) is 12.3 Å². The maximum atomic E-state index is 11.5. The molecule has 1 fully saturated rings. The van der Waals surface area contributed by atoms with Gasteiger partial charge in [-0.15, -0.1) is 11.3 Å². The first-order valence-corrected chi connectivity index (χ1v) is 7.51. The van der Waals surface area contributed by atoms with Gasteiger partial charge in [0.25, 0.3) is 0 Å². The fourth-order valence-corrected chi connectivity index (χ4v) is 3.50. The first kappa shape index (κ1) is 12.7. The summed E-state index contributed by atoms with van der Waals surface area (Å²) in [5.74, 6) is 1.53. The Hall–Kier alpha value is -0.780. The molecule has 92 valence electrons. The van der Waals surface area contributed by atoms with E-state index in [1.165, 1.54) is 6.08 Å². The summed E-state index contributed by atoms with van der Waals surface area (Å²) in [6, 6.07) is 3.90. The Bertz CT molecular complexity index is 395. The highest BCUT2D eigenvalue weighted by Gasteiger charge is 2.31. The van der Waals surface area contributed by atoms with Crippen LogP contribution in [0.5, 0.6) is 0 Å². The van der Waals surface area contributed by atoms with Crippen molar-refractivity contribution in [2.45, 2.75) is 12.0 Å². The lowest BCUT2D eigenvalue weighted by molar-refractivity contribution is -0.117. The summed E-state index contributed by atoms with van der Waals surface area (Å²) in [5.41, 5.74) is -0.711. The Labute approximate surface area is 109 Å². The van der Waals surface area contributed by atoms with E-state index in [1.807, 2.05) is 17.5 Å². The molecule has 1 saturated heterocycles. The molecule has 1 unspecified atom stereocenters. The van der Waals surface area contributed by atoms with Crippen molar-refractivity contribution in [3.63, 3.8) is 0 Å². The summed E-state index contributed by atoms with van der Waals surface area (Å²) in [7, 11) is 0. The maximum Gasteiger partial charge on any atom is 0.244 e. The molecule has 1 aromatic heterocycles.